The predicted molar refractivity (Wildman–Crippen MR) is 97.3 cm³/mol. The molecule has 2 fully saturated rings. The third kappa shape index (κ3) is 3.57. The average molecular weight is 358 g/mol. The molecular formula is C19H26N4O3. The number of carbonyl (C=O) groups is 3. The average Bonchev–Trinajstić information content (AvgIpc) is 2.79. The minimum Gasteiger partial charge on any atom is -0.324 e. The van der Waals surface area contributed by atoms with E-state index in [0.717, 1.165) is 17.7 Å². The third-order valence-electron chi connectivity index (χ3n) is 5.58. The fourth-order valence-corrected chi connectivity index (χ4v) is 3.91. The number of carbonyl (C=O) groups excluding carboxylic acids is 3. The van der Waals surface area contributed by atoms with Crippen LogP contribution < -0.4 is 10.6 Å². The summed E-state index contributed by atoms with van der Waals surface area (Å²) >= 11 is 0. The molecule has 0 radical (unpaired) electrons. The maximum absolute atomic E-state index is 12.9. The van der Waals surface area contributed by atoms with Crippen LogP contribution >= 0.6 is 0 Å². The highest BCUT2D eigenvalue weighted by molar-refractivity contribution is 6.10. The van der Waals surface area contributed by atoms with Gasteiger partial charge < -0.3 is 10.6 Å². The molecule has 1 aromatic rings. The fraction of sp³-hybridized carbons (Fsp3) is 0.579. The minimum atomic E-state index is -0.838. The molecule has 0 bridgehead atoms. The van der Waals surface area contributed by atoms with E-state index in [-0.39, 0.29) is 17.9 Å². The summed E-state index contributed by atoms with van der Waals surface area (Å²) in [5.74, 6) is -0.151. The lowest BCUT2D eigenvalue weighted by molar-refractivity contribution is -0.135. The topological polar surface area (TPSA) is 91.4 Å². The van der Waals surface area contributed by atoms with Gasteiger partial charge in [-0.15, -0.1) is 0 Å². The van der Waals surface area contributed by atoms with Crippen LogP contribution in [0.3, 0.4) is 0 Å². The molecule has 0 atom stereocenters. The van der Waals surface area contributed by atoms with Crippen LogP contribution in [0.25, 0.3) is 0 Å². The van der Waals surface area contributed by atoms with Crippen LogP contribution in [0.2, 0.25) is 0 Å². The number of imide groups is 1. The van der Waals surface area contributed by atoms with E-state index < -0.39 is 17.5 Å². The van der Waals surface area contributed by atoms with Gasteiger partial charge in [0.25, 0.3) is 5.91 Å². The van der Waals surface area contributed by atoms with E-state index in [1.807, 2.05) is 0 Å². The van der Waals surface area contributed by atoms with Gasteiger partial charge >= 0.3 is 6.03 Å². The van der Waals surface area contributed by atoms with Crippen molar-refractivity contribution in [3.8, 4) is 0 Å². The molecule has 0 unspecified atom stereocenters. The van der Waals surface area contributed by atoms with Gasteiger partial charge in [-0.1, -0.05) is 20.8 Å². The Morgan fingerprint density at radius 2 is 1.88 bits per heavy atom. The third-order valence-corrected chi connectivity index (χ3v) is 5.58. The number of hydrogen-bond acceptors (Lipinski definition) is 4. The number of rotatable bonds is 3. The first kappa shape index (κ1) is 18.4. The smallest absolute Gasteiger partial charge is 0.324 e. The maximum Gasteiger partial charge on any atom is 0.325 e. The van der Waals surface area contributed by atoms with E-state index in [1.165, 1.54) is 0 Å². The number of hydrogen-bond donors (Lipinski definition) is 2. The van der Waals surface area contributed by atoms with Crippen molar-refractivity contribution in [3.05, 3.63) is 24.5 Å². The zero-order valence-corrected chi connectivity index (χ0v) is 15.5. The number of pyridine rings is 1. The first-order valence-corrected chi connectivity index (χ1v) is 9.05. The molecule has 7 nitrogen and oxygen atoms in total. The van der Waals surface area contributed by atoms with E-state index in [2.05, 4.69) is 36.4 Å². The van der Waals surface area contributed by atoms with E-state index in [4.69, 9.17) is 0 Å². The van der Waals surface area contributed by atoms with Crippen molar-refractivity contribution in [2.24, 2.45) is 11.3 Å². The summed E-state index contributed by atoms with van der Waals surface area (Å²) in [6, 6.07) is 2.83. The van der Waals surface area contributed by atoms with Crippen molar-refractivity contribution in [2.75, 3.05) is 11.9 Å². The summed E-state index contributed by atoms with van der Waals surface area (Å²) in [6.45, 7) is 6.35. The molecule has 1 saturated carbocycles. The largest absolute Gasteiger partial charge is 0.325 e. The van der Waals surface area contributed by atoms with Crippen molar-refractivity contribution in [2.45, 2.75) is 52.0 Å². The van der Waals surface area contributed by atoms with Crippen LogP contribution in [0, 0.1) is 11.3 Å². The highest BCUT2D eigenvalue weighted by Gasteiger charge is 2.53. The van der Waals surface area contributed by atoms with Gasteiger partial charge in [-0.25, -0.2) is 4.79 Å². The van der Waals surface area contributed by atoms with E-state index in [1.54, 1.807) is 24.5 Å². The van der Waals surface area contributed by atoms with Crippen molar-refractivity contribution in [1.82, 2.24) is 15.2 Å². The monoisotopic (exact) mass is 358 g/mol. The lowest BCUT2D eigenvalue weighted by Crippen LogP contribution is -2.50. The van der Waals surface area contributed by atoms with Crippen LogP contribution in [-0.4, -0.2) is 39.8 Å². The molecule has 1 aromatic heterocycles. The molecule has 1 spiro atoms. The van der Waals surface area contributed by atoms with Gasteiger partial charge in [-0.05, 0) is 49.1 Å². The Hall–Kier alpha value is -2.44. The van der Waals surface area contributed by atoms with Crippen LogP contribution in [0.5, 0.6) is 0 Å². The van der Waals surface area contributed by atoms with Crippen LogP contribution in [0.4, 0.5) is 10.5 Å². The molecule has 3 rings (SSSR count). The zero-order valence-electron chi connectivity index (χ0n) is 15.5. The van der Waals surface area contributed by atoms with Gasteiger partial charge in [-0.3, -0.25) is 19.5 Å². The molecule has 2 N–H and O–H groups in total. The molecule has 2 aliphatic rings. The molecule has 7 heteroatoms. The molecule has 140 valence electrons. The Balaban J connectivity index is 1.63. The highest BCUT2D eigenvalue weighted by atomic mass is 16.2. The standard InChI is InChI=1S/C19H26N4O3/c1-18(2,3)13-4-8-19(9-5-13)16(25)23(17(26)22-19)12-15(24)21-14-6-10-20-11-7-14/h6-7,10-11,13H,4-5,8-9,12H2,1-3H3,(H,22,26)(H,20,21,24). The first-order chi connectivity index (χ1) is 12.2. The van der Waals surface area contributed by atoms with E-state index >= 15 is 0 Å². The molecule has 1 aliphatic heterocycles. The quantitative estimate of drug-likeness (QED) is 0.812. The lowest BCUT2D eigenvalue weighted by Gasteiger charge is -2.40. The predicted octanol–water partition coefficient (Wildman–Crippen LogP) is 2.55. The second-order valence-electron chi connectivity index (χ2n) is 8.33. The van der Waals surface area contributed by atoms with E-state index in [0.29, 0.717) is 24.4 Å². The fourth-order valence-electron chi connectivity index (χ4n) is 3.91. The van der Waals surface area contributed by atoms with Crippen molar-refractivity contribution < 1.29 is 14.4 Å². The summed E-state index contributed by atoms with van der Waals surface area (Å²) in [4.78, 5) is 42.3. The van der Waals surface area contributed by atoms with Gasteiger partial charge in [0.05, 0.1) is 0 Å². The van der Waals surface area contributed by atoms with Crippen molar-refractivity contribution in [1.29, 1.82) is 0 Å². The second kappa shape index (κ2) is 6.70. The Bertz CT molecular complexity index is 703. The molecule has 0 aromatic carbocycles. The SMILES string of the molecule is CC(C)(C)C1CCC2(CC1)NC(=O)N(CC(=O)Nc1ccncc1)C2=O. The highest BCUT2D eigenvalue weighted by Crippen LogP contribution is 2.43. The van der Waals surface area contributed by atoms with Gasteiger partial charge in [0, 0.05) is 18.1 Å². The van der Waals surface area contributed by atoms with E-state index in [9.17, 15) is 14.4 Å². The molecule has 2 heterocycles. The number of aromatic nitrogens is 1. The number of urea groups is 1. The minimum absolute atomic E-state index is 0.192. The molecule has 1 aliphatic carbocycles. The number of nitrogens with one attached hydrogen (secondary N) is 2. The summed E-state index contributed by atoms with van der Waals surface area (Å²) < 4.78 is 0. The molecular weight excluding hydrogens is 332 g/mol. The van der Waals surface area contributed by atoms with Crippen LogP contribution in [0.15, 0.2) is 24.5 Å². The molecule has 4 amide bonds. The Morgan fingerprint density at radius 1 is 1.27 bits per heavy atom. The van der Waals surface area contributed by atoms with Crippen molar-refractivity contribution in [3.63, 3.8) is 0 Å². The number of amides is 4. The summed E-state index contributed by atoms with van der Waals surface area (Å²) in [5, 5.41) is 5.53. The van der Waals surface area contributed by atoms with Crippen LogP contribution in [-0.2, 0) is 9.59 Å². The zero-order chi connectivity index (χ0) is 18.9. The summed E-state index contributed by atoms with van der Waals surface area (Å²) in [7, 11) is 0. The van der Waals surface area contributed by atoms with Gasteiger partial charge in [0.1, 0.15) is 12.1 Å². The number of nitrogens with zero attached hydrogens (tertiary/aromatic N) is 2. The summed E-state index contributed by atoms with van der Waals surface area (Å²) in [6.07, 6.45) is 6.17. The Kier molecular flexibility index (Phi) is 4.73. The molecule has 26 heavy (non-hydrogen) atoms. The lowest BCUT2D eigenvalue weighted by atomic mass is 9.67. The Labute approximate surface area is 153 Å². The van der Waals surface area contributed by atoms with Crippen molar-refractivity contribution >= 4 is 23.5 Å². The van der Waals surface area contributed by atoms with Crippen LogP contribution in [0.1, 0.15) is 46.5 Å². The number of anilines is 1. The second-order valence-corrected chi connectivity index (χ2v) is 8.33. The first-order valence-electron chi connectivity index (χ1n) is 9.05. The normalized spacial score (nSPS) is 26.1. The Morgan fingerprint density at radius 3 is 2.46 bits per heavy atom. The summed E-state index contributed by atoms with van der Waals surface area (Å²) in [5.41, 5.74) is -0.0647. The van der Waals surface area contributed by atoms with Gasteiger partial charge in [0.2, 0.25) is 5.91 Å². The van der Waals surface area contributed by atoms with Gasteiger partial charge in [0.15, 0.2) is 0 Å². The molecule has 1 saturated heterocycles. The van der Waals surface area contributed by atoms with Gasteiger partial charge in [-0.2, -0.15) is 0 Å². The maximum atomic E-state index is 12.9.